The van der Waals surface area contributed by atoms with Crippen molar-refractivity contribution in [2.75, 3.05) is 24.5 Å². The van der Waals surface area contributed by atoms with Gasteiger partial charge in [0.1, 0.15) is 5.82 Å². The molecule has 2 aromatic rings. The molecular formula is C19H24FN3OS. The highest BCUT2D eigenvalue weighted by atomic mass is 32.1. The number of nitrogens with one attached hydrogen (secondary N) is 1. The summed E-state index contributed by atoms with van der Waals surface area (Å²) in [6.45, 7) is 6.29. The molecule has 1 N–H and O–H groups in total. The molecule has 4 nitrogen and oxygen atoms in total. The largest absolute Gasteiger partial charge is 0.356 e. The van der Waals surface area contributed by atoms with Gasteiger partial charge in [-0.1, -0.05) is 19.1 Å². The van der Waals surface area contributed by atoms with Gasteiger partial charge >= 0.3 is 0 Å². The Kier molecular flexibility index (Phi) is 5.68. The van der Waals surface area contributed by atoms with Crippen molar-refractivity contribution in [1.82, 2.24) is 10.3 Å². The molecule has 1 aliphatic heterocycles. The summed E-state index contributed by atoms with van der Waals surface area (Å²) >= 11 is 1.62. The summed E-state index contributed by atoms with van der Waals surface area (Å²) in [5.74, 6) is 0.443. The number of piperidine rings is 1. The standard InChI is InChI=1S/C19H24FN3OS/c1-13-6-9-23(10-7-13)19-22-18(12-25-19)16-4-3-15(17(20)11-16)5-8-21-14(2)24/h3-4,11-13H,5-10H2,1-2H3,(H,21,24). The van der Waals surface area contributed by atoms with Gasteiger partial charge in [-0.15, -0.1) is 11.3 Å². The number of benzene rings is 1. The van der Waals surface area contributed by atoms with Gasteiger partial charge in [0.25, 0.3) is 0 Å². The summed E-state index contributed by atoms with van der Waals surface area (Å²) in [6, 6.07) is 5.23. The van der Waals surface area contributed by atoms with Crippen LogP contribution in [0, 0.1) is 11.7 Å². The SMILES string of the molecule is CC(=O)NCCc1ccc(-c2csc(N3CCC(C)CC3)n2)cc1F. The van der Waals surface area contributed by atoms with E-state index >= 15 is 0 Å². The van der Waals surface area contributed by atoms with Gasteiger partial charge in [-0.25, -0.2) is 9.37 Å². The van der Waals surface area contributed by atoms with Gasteiger partial charge in [0, 0.05) is 37.5 Å². The van der Waals surface area contributed by atoms with Gasteiger partial charge in [-0.2, -0.15) is 0 Å². The second kappa shape index (κ2) is 7.95. The molecule has 0 bridgehead atoms. The van der Waals surface area contributed by atoms with Gasteiger partial charge in [-0.3, -0.25) is 4.79 Å². The smallest absolute Gasteiger partial charge is 0.216 e. The van der Waals surface area contributed by atoms with E-state index in [1.54, 1.807) is 23.5 Å². The van der Waals surface area contributed by atoms with Crippen molar-refractivity contribution in [2.24, 2.45) is 5.92 Å². The molecule has 0 radical (unpaired) electrons. The first-order chi connectivity index (χ1) is 12.0. The van der Waals surface area contributed by atoms with Gasteiger partial charge in [0.2, 0.25) is 5.91 Å². The van der Waals surface area contributed by atoms with Crippen molar-refractivity contribution in [3.8, 4) is 11.3 Å². The third-order valence-electron chi connectivity index (χ3n) is 4.66. The lowest BCUT2D eigenvalue weighted by Crippen LogP contribution is -2.32. The van der Waals surface area contributed by atoms with Crippen LogP contribution in [0.3, 0.4) is 0 Å². The average molecular weight is 361 g/mol. The molecule has 0 aliphatic carbocycles. The molecule has 0 unspecified atom stereocenters. The van der Waals surface area contributed by atoms with Crippen molar-refractivity contribution in [1.29, 1.82) is 0 Å². The molecular weight excluding hydrogens is 337 g/mol. The average Bonchev–Trinajstić information content (AvgIpc) is 3.06. The van der Waals surface area contributed by atoms with E-state index in [4.69, 9.17) is 4.98 Å². The van der Waals surface area contributed by atoms with Crippen LogP contribution in [0.25, 0.3) is 11.3 Å². The number of anilines is 1. The third kappa shape index (κ3) is 4.57. The number of halogens is 1. The molecule has 1 saturated heterocycles. The first-order valence-corrected chi connectivity index (χ1v) is 9.64. The molecule has 2 heterocycles. The topological polar surface area (TPSA) is 45.2 Å². The predicted octanol–water partition coefficient (Wildman–Crippen LogP) is 3.86. The number of hydrogen-bond donors (Lipinski definition) is 1. The number of carbonyl (C=O) groups is 1. The van der Waals surface area contributed by atoms with Crippen LogP contribution in [0.15, 0.2) is 23.6 Å². The third-order valence-corrected chi connectivity index (χ3v) is 5.56. The van der Waals surface area contributed by atoms with Crippen LogP contribution in [-0.4, -0.2) is 30.5 Å². The van der Waals surface area contributed by atoms with Crippen LogP contribution in [0.1, 0.15) is 32.3 Å². The molecule has 1 amide bonds. The number of aromatic nitrogens is 1. The zero-order valence-corrected chi connectivity index (χ0v) is 15.5. The molecule has 134 valence electrons. The Morgan fingerprint density at radius 2 is 2.16 bits per heavy atom. The highest BCUT2D eigenvalue weighted by molar-refractivity contribution is 7.14. The van der Waals surface area contributed by atoms with Gasteiger partial charge < -0.3 is 10.2 Å². The lowest BCUT2D eigenvalue weighted by atomic mass is 10.00. The Balaban J connectivity index is 1.68. The second-order valence-electron chi connectivity index (χ2n) is 6.72. The lowest BCUT2D eigenvalue weighted by Gasteiger charge is -2.29. The van der Waals surface area contributed by atoms with E-state index in [2.05, 4.69) is 17.1 Å². The maximum Gasteiger partial charge on any atom is 0.216 e. The van der Waals surface area contributed by atoms with Gasteiger partial charge in [0.15, 0.2) is 5.13 Å². The number of hydrogen-bond acceptors (Lipinski definition) is 4. The van der Waals surface area contributed by atoms with Crippen LogP contribution < -0.4 is 10.2 Å². The number of nitrogens with zero attached hydrogens (tertiary/aromatic N) is 2. The van der Waals surface area contributed by atoms with Crippen LogP contribution >= 0.6 is 11.3 Å². The van der Waals surface area contributed by atoms with E-state index in [1.807, 2.05) is 11.4 Å². The Morgan fingerprint density at radius 3 is 2.84 bits per heavy atom. The van der Waals surface area contributed by atoms with E-state index in [1.165, 1.54) is 19.8 Å². The minimum Gasteiger partial charge on any atom is -0.356 e. The van der Waals surface area contributed by atoms with Crippen molar-refractivity contribution >= 4 is 22.4 Å². The van der Waals surface area contributed by atoms with E-state index in [-0.39, 0.29) is 11.7 Å². The summed E-state index contributed by atoms with van der Waals surface area (Å²) in [6.07, 6.45) is 2.89. The normalized spacial score (nSPS) is 15.4. The highest BCUT2D eigenvalue weighted by Crippen LogP contribution is 2.30. The van der Waals surface area contributed by atoms with Crippen LogP contribution in [0.2, 0.25) is 0 Å². The number of rotatable bonds is 5. The van der Waals surface area contributed by atoms with Gasteiger partial charge in [0.05, 0.1) is 5.69 Å². The van der Waals surface area contributed by atoms with E-state index in [0.717, 1.165) is 35.4 Å². The molecule has 1 aliphatic rings. The van der Waals surface area contributed by atoms with Crippen LogP contribution in [0.4, 0.5) is 9.52 Å². The number of amides is 1. The quantitative estimate of drug-likeness (QED) is 0.879. The van der Waals surface area contributed by atoms with Crippen LogP contribution in [0.5, 0.6) is 0 Å². The summed E-state index contributed by atoms with van der Waals surface area (Å²) in [5.41, 5.74) is 2.23. The maximum atomic E-state index is 14.3. The molecule has 0 atom stereocenters. The lowest BCUT2D eigenvalue weighted by molar-refractivity contribution is -0.118. The van der Waals surface area contributed by atoms with E-state index < -0.39 is 0 Å². The second-order valence-corrected chi connectivity index (χ2v) is 7.56. The Labute approximate surface area is 152 Å². The van der Waals surface area contributed by atoms with Crippen molar-refractivity contribution < 1.29 is 9.18 Å². The molecule has 1 aromatic heterocycles. The fraction of sp³-hybridized carbons (Fsp3) is 0.474. The number of carbonyl (C=O) groups excluding carboxylic acids is 1. The Bertz CT molecular complexity index is 738. The van der Waals surface area contributed by atoms with Crippen molar-refractivity contribution in [3.05, 3.63) is 35.0 Å². The molecule has 0 spiro atoms. The van der Waals surface area contributed by atoms with Crippen LogP contribution in [-0.2, 0) is 11.2 Å². The van der Waals surface area contributed by atoms with E-state index in [9.17, 15) is 9.18 Å². The first-order valence-electron chi connectivity index (χ1n) is 8.76. The summed E-state index contributed by atoms with van der Waals surface area (Å²) in [5, 5.41) is 5.71. The molecule has 1 fully saturated rings. The zero-order chi connectivity index (χ0) is 17.8. The predicted molar refractivity (Wildman–Crippen MR) is 101 cm³/mol. The molecule has 25 heavy (non-hydrogen) atoms. The maximum absolute atomic E-state index is 14.3. The molecule has 0 saturated carbocycles. The minimum atomic E-state index is -0.246. The van der Waals surface area contributed by atoms with Crippen molar-refractivity contribution in [2.45, 2.75) is 33.1 Å². The number of thiazole rings is 1. The Hall–Kier alpha value is -1.95. The summed E-state index contributed by atoms with van der Waals surface area (Å²) in [7, 11) is 0. The molecule has 1 aromatic carbocycles. The Morgan fingerprint density at radius 1 is 1.40 bits per heavy atom. The minimum absolute atomic E-state index is 0.0980. The summed E-state index contributed by atoms with van der Waals surface area (Å²) < 4.78 is 14.3. The van der Waals surface area contributed by atoms with Crippen molar-refractivity contribution in [3.63, 3.8) is 0 Å². The molecule has 6 heteroatoms. The molecule has 3 rings (SSSR count). The fourth-order valence-electron chi connectivity index (χ4n) is 3.02. The zero-order valence-electron chi connectivity index (χ0n) is 14.7. The monoisotopic (exact) mass is 361 g/mol. The highest BCUT2D eigenvalue weighted by Gasteiger charge is 2.19. The van der Waals surface area contributed by atoms with Gasteiger partial charge in [-0.05, 0) is 36.8 Å². The fourth-order valence-corrected chi connectivity index (χ4v) is 3.91. The first kappa shape index (κ1) is 17.9. The summed E-state index contributed by atoms with van der Waals surface area (Å²) in [4.78, 5) is 17.9. The van der Waals surface area contributed by atoms with E-state index in [0.29, 0.717) is 18.5 Å².